The Morgan fingerprint density at radius 1 is 1.14 bits per heavy atom. The normalized spacial score (nSPS) is 9.95. The van der Waals surface area contributed by atoms with Crippen LogP contribution in [-0.2, 0) is 4.79 Å². The maximum atomic E-state index is 11.8. The molecule has 108 valence electrons. The van der Waals surface area contributed by atoms with Gasteiger partial charge in [-0.15, -0.1) is 0 Å². The molecule has 3 N–H and O–H groups in total. The number of hydrogen-bond acceptors (Lipinski definition) is 3. The van der Waals surface area contributed by atoms with E-state index in [0.717, 1.165) is 11.1 Å². The van der Waals surface area contributed by atoms with E-state index >= 15 is 0 Å². The predicted molar refractivity (Wildman–Crippen MR) is 87.6 cm³/mol. The van der Waals surface area contributed by atoms with Crippen molar-refractivity contribution in [3.05, 3.63) is 59.7 Å². The number of aryl methyl sites for hydroxylation is 1. The minimum atomic E-state index is -0.223. The lowest BCUT2D eigenvalue weighted by Gasteiger charge is -2.08. The monoisotopic (exact) mass is 300 g/mol. The molecular weight excluding hydrogens is 284 g/mol. The Bertz CT molecular complexity index is 636. The molecule has 2 aromatic carbocycles. The third kappa shape index (κ3) is 4.57. The second-order valence-electron chi connectivity index (χ2n) is 4.59. The SMILES string of the molecule is Cc1ccc(OCC(=O)Nc2ccc(C(N)=S)cc2)cc1. The molecule has 0 heterocycles. The summed E-state index contributed by atoms with van der Waals surface area (Å²) in [6.07, 6.45) is 0. The number of benzene rings is 2. The molecule has 0 atom stereocenters. The average Bonchev–Trinajstić information content (AvgIpc) is 2.47. The van der Waals surface area contributed by atoms with E-state index in [-0.39, 0.29) is 12.5 Å². The van der Waals surface area contributed by atoms with E-state index in [2.05, 4.69) is 5.32 Å². The van der Waals surface area contributed by atoms with Crippen LogP contribution < -0.4 is 15.8 Å². The number of amides is 1. The first kappa shape index (κ1) is 15.0. The number of anilines is 1. The number of thiocarbonyl (C=S) groups is 1. The Morgan fingerprint density at radius 2 is 1.76 bits per heavy atom. The van der Waals surface area contributed by atoms with Crippen LogP contribution in [0, 0.1) is 6.92 Å². The molecule has 2 aromatic rings. The van der Waals surface area contributed by atoms with Gasteiger partial charge in [-0.3, -0.25) is 4.79 Å². The van der Waals surface area contributed by atoms with Gasteiger partial charge in [0.2, 0.25) is 0 Å². The van der Waals surface area contributed by atoms with E-state index in [4.69, 9.17) is 22.7 Å². The summed E-state index contributed by atoms with van der Waals surface area (Å²) in [5, 5.41) is 2.74. The molecule has 0 spiro atoms. The molecule has 0 unspecified atom stereocenters. The molecule has 21 heavy (non-hydrogen) atoms. The Kier molecular flexibility index (Phi) is 4.90. The van der Waals surface area contributed by atoms with Crippen molar-refractivity contribution < 1.29 is 9.53 Å². The van der Waals surface area contributed by atoms with Crippen LogP contribution in [0.15, 0.2) is 48.5 Å². The van der Waals surface area contributed by atoms with E-state index in [1.807, 2.05) is 31.2 Å². The molecule has 4 nitrogen and oxygen atoms in total. The highest BCUT2D eigenvalue weighted by atomic mass is 32.1. The van der Waals surface area contributed by atoms with Crippen LogP contribution in [0.3, 0.4) is 0 Å². The van der Waals surface area contributed by atoms with Gasteiger partial charge in [-0.05, 0) is 43.3 Å². The zero-order valence-electron chi connectivity index (χ0n) is 11.6. The van der Waals surface area contributed by atoms with Crippen LogP contribution in [0.2, 0.25) is 0 Å². The maximum Gasteiger partial charge on any atom is 0.262 e. The lowest BCUT2D eigenvalue weighted by molar-refractivity contribution is -0.118. The highest BCUT2D eigenvalue weighted by Crippen LogP contribution is 2.12. The van der Waals surface area contributed by atoms with E-state index in [1.54, 1.807) is 24.3 Å². The highest BCUT2D eigenvalue weighted by molar-refractivity contribution is 7.80. The summed E-state index contributed by atoms with van der Waals surface area (Å²) in [6, 6.07) is 14.6. The first-order chi connectivity index (χ1) is 10.0. The van der Waals surface area contributed by atoms with Crippen molar-refractivity contribution in [1.82, 2.24) is 0 Å². The molecule has 0 aromatic heterocycles. The van der Waals surface area contributed by atoms with Crippen molar-refractivity contribution in [3.63, 3.8) is 0 Å². The van der Waals surface area contributed by atoms with Crippen LogP contribution in [0.25, 0.3) is 0 Å². The third-order valence-electron chi connectivity index (χ3n) is 2.84. The van der Waals surface area contributed by atoms with E-state index in [1.165, 1.54) is 0 Å². The Labute approximate surface area is 128 Å². The summed E-state index contributed by atoms with van der Waals surface area (Å²) in [4.78, 5) is 12.1. The fourth-order valence-electron chi connectivity index (χ4n) is 1.70. The number of nitrogens with one attached hydrogen (secondary N) is 1. The van der Waals surface area contributed by atoms with Gasteiger partial charge >= 0.3 is 0 Å². The van der Waals surface area contributed by atoms with Gasteiger partial charge in [0.15, 0.2) is 6.61 Å². The van der Waals surface area contributed by atoms with E-state index < -0.39 is 0 Å². The van der Waals surface area contributed by atoms with Crippen molar-refractivity contribution in [2.24, 2.45) is 5.73 Å². The molecule has 0 aliphatic carbocycles. The lowest BCUT2D eigenvalue weighted by atomic mass is 10.2. The summed E-state index contributed by atoms with van der Waals surface area (Å²) in [5.41, 5.74) is 8.09. The van der Waals surface area contributed by atoms with Crippen molar-refractivity contribution in [2.75, 3.05) is 11.9 Å². The van der Waals surface area contributed by atoms with Crippen molar-refractivity contribution in [1.29, 1.82) is 0 Å². The minimum absolute atomic E-state index is 0.0416. The highest BCUT2D eigenvalue weighted by Gasteiger charge is 2.04. The first-order valence-electron chi connectivity index (χ1n) is 6.44. The zero-order chi connectivity index (χ0) is 15.2. The molecule has 0 fully saturated rings. The lowest BCUT2D eigenvalue weighted by Crippen LogP contribution is -2.20. The summed E-state index contributed by atoms with van der Waals surface area (Å²) in [7, 11) is 0. The molecule has 0 aliphatic rings. The first-order valence-corrected chi connectivity index (χ1v) is 6.84. The van der Waals surface area contributed by atoms with Crippen LogP contribution in [0.1, 0.15) is 11.1 Å². The van der Waals surface area contributed by atoms with Crippen LogP contribution in [-0.4, -0.2) is 17.5 Å². The molecular formula is C16H16N2O2S. The molecule has 0 bridgehead atoms. The van der Waals surface area contributed by atoms with Gasteiger partial charge in [0.1, 0.15) is 10.7 Å². The van der Waals surface area contributed by atoms with Gasteiger partial charge in [-0.25, -0.2) is 0 Å². The molecule has 5 heteroatoms. The smallest absolute Gasteiger partial charge is 0.262 e. The predicted octanol–water partition coefficient (Wildman–Crippen LogP) is 2.65. The summed E-state index contributed by atoms with van der Waals surface area (Å²) in [6.45, 7) is 1.95. The summed E-state index contributed by atoms with van der Waals surface area (Å²) in [5.74, 6) is 0.443. The molecule has 0 radical (unpaired) electrons. The quantitative estimate of drug-likeness (QED) is 0.833. The van der Waals surface area contributed by atoms with E-state index in [0.29, 0.717) is 16.4 Å². The minimum Gasteiger partial charge on any atom is -0.484 e. The molecule has 2 rings (SSSR count). The van der Waals surface area contributed by atoms with Crippen molar-refractivity contribution in [2.45, 2.75) is 6.92 Å². The number of hydrogen-bond donors (Lipinski definition) is 2. The van der Waals surface area contributed by atoms with Gasteiger partial charge in [-0.2, -0.15) is 0 Å². The Hall–Kier alpha value is -2.40. The number of ether oxygens (including phenoxy) is 1. The maximum absolute atomic E-state index is 11.8. The number of carbonyl (C=O) groups excluding carboxylic acids is 1. The Morgan fingerprint density at radius 3 is 2.33 bits per heavy atom. The molecule has 0 aliphatic heterocycles. The van der Waals surface area contributed by atoms with Gasteiger partial charge in [0.05, 0.1) is 0 Å². The van der Waals surface area contributed by atoms with Crippen molar-refractivity contribution in [3.8, 4) is 5.75 Å². The third-order valence-corrected chi connectivity index (χ3v) is 3.08. The second kappa shape index (κ2) is 6.85. The second-order valence-corrected chi connectivity index (χ2v) is 5.03. The van der Waals surface area contributed by atoms with E-state index in [9.17, 15) is 4.79 Å². The summed E-state index contributed by atoms with van der Waals surface area (Å²) < 4.78 is 5.40. The molecule has 0 saturated carbocycles. The van der Waals surface area contributed by atoms with Gasteiger partial charge < -0.3 is 15.8 Å². The standard InChI is InChI=1S/C16H16N2O2S/c1-11-2-8-14(9-3-11)20-10-15(19)18-13-6-4-12(5-7-13)16(17)21/h2-9H,10H2,1H3,(H2,17,21)(H,18,19). The number of rotatable bonds is 5. The largest absolute Gasteiger partial charge is 0.484 e. The van der Waals surface area contributed by atoms with Gasteiger partial charge in [-0.1, -0.05) is 29.9 Å². The fourth-order valence-corrected chi connectivity index (χ4v) is 1.83. The van der Waals surface area contributed by atoms with Crippen LogP contribution in [0.4, 0.5) is 5.69 Å². The molecule has 1 amide bonds. The average molecular weight is 300 g/mol. The fraction of sp³-hybridized carbons (Fsp3) is 0.125. The number of nitrogens with two attached hydrogens (primary N) is 1. The summed E-state index contributed by atoms with van der Waals surface area (Å²) >= 11 is 4.87. The van der Waals surface area contributed by atoms with Crippen molar-refractivity contribution >= 4 is 28.8 Å². The topological polar surface area (TPSA) is 64.3 Å². The molecule has 0 saturated heterocycles. The Balaban J connectivity index is 1.86. The number of carbonyl (C=O) groups is 1. The zero-order valence-corrected chi connectivity index (χ0v) is 12.4. The van der Waals surface area contributed by atoms with Gasteiger partial charge in [0.25, 0.3) is 5.91 Å². The van der Waals surface area contributed by atoms with Crippen LogP contribution >= 0.6 is 12.2 Å². The van der Waals surface area contributed by atoms with Crippen LogP contribution in [0.5, 0.6) is 5.75 Å². The van der Waals surface area contributed by atoms with Gasteiger partial charge in [0, 0.05) is 11.3 Å².